The summed E-state index contributed by atoms with van der Waals surface area (Å²) in [5.74, 6) is -0.127. The van der Waals surface area contributed by atoms with Gasteiger partial charge < -0.3 is 4.90 Å². The van der Waals surface area contributed by atoms with Crippen LogP contribution in [0.4, 0.5) is 0 Å². The van der Waals surface area contributed by atoms with E-state index in [-0.39, 0.29) is 10.8 Å². The Bertz CT molecular complexity index is 1220. The van der Waals surface area contributed by atoms with Crippen LogP contribution in [0.3, 0.4) is 0 Å². The van der Waals surface area contributed by atoms with Crippen LogP contribution < -0.4 is 0 Å². The summed E-state index contributed by atoms with van der Waals surface area (Å²) in [4.78, 5) is 15.3. The maximum atomic E-state index is 13.9. The lowest BCUT2D eigenvalue weighted by atomic mass is 9.89. The molecule has 1 atom stereocenters. The minimum Gasteiger partial charge on any atom is -0.311 e. The Labute approximate surface area is 176 Å². The van der Waals surface area contributed by atoms with Crippen molar-refractivity contribution in [3.63, 3.8) is 0 Å². The van der Waals surface area contributed by atoms with Crippen LogP contribution in [0.1, 0.15) is 33.5 Å². The molecule has 0 unspecified atom stereocenters. The zero-order chi connectivity index (χ0) is 20.9. The first kappa shape index (κ1) is 19.0. The molecule has 0 saturated carbocycles. The summed E-state index contributed by atoms with van der Waals surface area (Å²) in [7, 11) is -3.87. The van der Waals surface area contributed by atoms with Crippen LogP contribution in [0.2, 0.25) is 0 Å². The first-order valence-electron chi connectivity index (χ1n) is 10.0. The summed E-state index contributed by atoms with van der Waals surface area (Å²) in [6, 6.07) is 23.7. The number of sulfonamides is 1. The van der Waals surface area contributed by atoms with Crippen LogP contribution in [-0.4, -0.2) is 36.6 Å². The van der Waals surface area contributed by atoms with Crippen molar-refractivity contribution >= 4 is 15.9 Å². The number of hydrogen-bond donors (Lipinski definition) is 0. The second kappa shape index (κ2) is 6.79. The average Bonchev–Trinajstić information content (AvgIpc) is 3.04. The van der Waals surface area contributed by atoms with Crippen molar-refractivity contribution in [3.8, 4) is 0 Å². The summed E-state index contributed by atoms with van der Waals surface area (Å²) >= 11 is 0. The van der Waals surface area contributed by atoms with Gasteiger partial charge in [0, 0.05) is 24.2 Å². The fraction of sp³-hybridized carbons (Fsp3) is 0.208. The average molecular weight is 419 g/mol. The fourth-order valence-electron chi connectivity index (χ4n) is 4.74. The van der Waals surface area contributed by atoms with Crippen LogP contribution in [0.5, 0.6) is 0 Å². The van der Waals surface area contributed by atoms with Crippen molar-refractivity contribution in [1.82, 2.24) is 9.21 Å². The molecular formula is C24H22N2O3S. The number of benzene rings is 3. The molecule has 3 aromatic carbocycles. The molecule has 6 heteroatoms. The highest BCUT2D eigenvalue weighted by Crippen LogP contribution is 2.50. The number of rotatable bonds is 3. The Morgan fingerprint density at radius 2 is 1.50 bits per heavy atom. The van der Waals surface area contributed by atoms with Crippen LogP contribution >= 0.6 is 0 Å². The number of nitrogens with zero attached hydrogens (tertiary/aromatic N) is 2. The summed E-state index contributed by atoms with van der Waals surface area (Å²) in [6.07, 6.45) is 0.583. The van der Waals surface area contributed by atoms with Gasteiger partial charge in [-0.1, -0.05) is 66.2 Å². The Morgan fingerprint density at radius 3 is 2.23 bits per heavy atom. The van der Waals surface area contributed by atoms with Crippen molar-refractivity contribution < 1.29 is 13.2 Å². The third kappa shape index (κ3) is 2.50. The summed E-state index contributed by atoms with van der Waals surface area (Å²) in [5, 5.41) is 0. The number of aryl methyl sites for hydroxylation is 1. The number of amides is 1. The van der Waals surface area contributed by atoms with Crippen molar-refractivity contribution in [2.45, 2.75) is 23.9 Å². The molecule has 0 aromatic heterocycles. The normalized spacial score (nSPS) is 21.4. The highest BCUT2D eigenvalue weighted by molar-refractivity contribution is 7.89. The van der Waals surface area contributed by atoms with Crippen molar-refractivity contribution in [2.24, 2.45) is 0 Å². The zero-order valence-corrected chi connectivity index (χ0v) is 17.5. The van der Waals surface area contributed by atoms with Crippen molar-refractivity contribution in [2.75, 3.05) is 13.1 Å². The fourth-order valence-corrected chi connectivity index (χ4v) is 6.49. The van der Waals surface area contributed by atoms with E-state index in [0.29, 0.717) is 25.1 Å². The van der Waals surface area contributed by atoms with Gasteiger partial charge in [-0.15, -0.1) is 0 Å². The quantitative estimate of drug-likeness (QED) is 0.651. The lowest BCUT2D eigenvalue weighted by molar-refractivity contribution is 0.00775. The molecule has 2 heterocycles. The second-order valence-electron chi connectivity index (χ2n) is 7.78. The van der Waals surface area contributed by atoms with Gasteiger partial charge in [0.25, 0.3) is 5.91 Å². The van der Waals surface area contributed by atoms with Gasteiger partial charge in [-0.05, 0) is 37.1 Å². The molecule has 0 spiro atoms. The first-order chi connectivity index (χ1) is 14.5. The topological polar surface area (TPSA) is 57.7 Å². The van der Waals surface area contributed by atoms with Gasteiger partial charge >= 0.3 is 0 Å². The molecule has 2 aliphatic heterocycles. The first-order valence-corrected chi connectivity index (χ1v) is 11.5. The third-order valence-electron chi connectivity index (χ3n) is 6.06. The Kier molecular flexibility index (Phi) is 4.31. The van der Waals surface area contributed by atoms with E-state index in [1.54, 1.807) is 35.2 Å². The highest BCUT2D eigenvalue weighted by atomic mass is 32.2. The van der Waals surface area contributed by atoms with Gasteiger partial charge in [0.05, 0.1) is 4.90 Å². The smallest absolute Gasteiger partial charge is 0.256 e. The van der Waals surface area contributed by atoms with E-state index >= 15 is 0 Å². The van der Waals surface area contributed by atoms with Gasteiger partial charge in [0.15, 0.2) is 5.66 Å². The van der Waals surface area contributed by atoms with E-state index in [1.165, 1.54) is 4.31 Å². The minimum atomic E-state index is -3.87. The number of fused-ring (bicyclic) bond motifs is 3. The number of carbonyl (C=O) groups is 1. The lowest BCUT2D eigenvalue weighted by Gasteiger charge is -2.50. The second-order valence-corrected chi connectivity index (χ2v) is 9.65. The van der Waals surface area contributed by atoms with Crippen LogP contribution in [-0.2, 0) is 15.7 Å². The summed E-state index contributed by atoms with van der Waals surface area (Å²) < 4.78 is 29.4. The van der Waals surface area contributed by atoms with Gasteiger partial charge in [0.2, 0.25) is 10.0 Å². The number of carbonyl (C=O) groups excluding carboxylic acids is 1. The van der Waals surface area contributed by atoms with Gasteiger partial charge in [-0.3, -0.25) is 4.79 Å². The Morgan fingerprint density at radius 1 is 0.833 bits per heavy atom. The molecule has 5 rings (SSSR count). The zero-order valence-electron chi connectivity index (χ0n) is 16.7. The molecule has 5 nitrogen and oxygen atoms in total. The molecule has 1 saturated heterocycles. The molecule has 1 amide bonds. The summed E-state index contributed by atoms with van der Waals surface area (Å²) in [5.41, 5.74) is 1.87. The standard InChI is InChI=1S/C24H22N2O3S/c1-18-12-14-20(15-13-18)30(28,29)26-17-7-16-25-23(27)21-10-5-6-11-22(21)24(25,26)19-8-3-2-4-9-19/h2-6,8-15H,7,16-17H2,1H3/t24-/m1/s1. The number of hydrogen-bond acceptors (Lipinski definition) is 3. The molecule has 152 valence electrons. The van der Waals surface area contributed by atoms with Crippen molar-refractivity contribution in [1.29, 1.82) is 0 Å². The van der Waals surface area contributed by atoms with E-state index in [0.717, 1.165) is 16.7 Å². The molecular weight excluding hydrogens is 396 g/mol. The molecule has 3 aromatic rings. The van der Waals surface area contributed by atoms with E-state index in [9.17, 15) is 13.2 Å². The third-order valence-corrected chi connectivity index (χ3v) is 7.95. The Balaban J connectivity index is 1.81. The van der Waals surface area contributed by atoms with Crippen molar-refractivity contribution in [3.05, 3.63) is 101 Å². The maximum absolute atomic E-state index is 13.9. The van der Waals surface area contributed by atoms with Gasteiger partial charge in [0.1, 0.15) is 0 Å². The molecule has 1 fully saturated rings. The maximum Gasteiger partial charge on any atom is 0.256 e. The van der Waals surface area contributed by atoms with E-state index < -0.39 is 15.7 Å². The van der Waals surface area contributed by atoms with E-state index in [2.05, 4.69) is 0 Å². The van der Waals surface area contributed by atoms with E-state index in [4.69, 9.17) is 0 Å². The SMILES string of the molecule is Cc1ccc(S(=O)(=O)N2CCCN3C(=O)c4ccccc4[C@]32c2ccccc2)cc1. The Hall–Kier alpha value is -2.96. The van der Waals surface area contributed by atoms with Gasteiger partial charge in [-0.25, -0.2) is 8.42 Å². The predicted molar refractivity (Wildman–Crippen MR) is 114 cm³/mol. The monoisotopic (exact) mass is 418 g/mol. The molecule has 2 aliphatic rings. The largest absolute Gasteiger partial charge is 0.311 e. The highest BCUT2D eigenvalue weighted by Gasteiger charge is 2.59. The lowest BCUT2D eigenvalue weighted by Crippen LogP contribution is -2.62. The summed E-state index contributed by atoms with van der Waals surface area (Å²) in [6.45, 7) is 2.77. The molecule has 30 heavy (non-hydrogen) atoms. The predicted octanol–water partition coefficient (Wildman–Crippen LogP) is 3.75. The van der Waals surface area contributed by atoms with Crippen LogP contribution in [0.25, 0.3) is 0 Å². The molecule has 0 bridgehead atoms. The van der Waals surface area contributed by atoms with Crippen LogP contribution in [0, 0.1) is 6.92 Å². The van der Waals surface area contributed by atoms with Crippen LogP contribution in [0.15, 0.2) is 83.8 Å². The molecule has 0 aliphatic carbocycles. The minimum absolute atomic E-state index is 0.127. The molecule has 0 radical (unpaired) electrons. The molecule has 0 N–H and O–H groups in total. The van der Waals surface area contributed by atoms with E-state index in [1.807, 2.05) is 55.5 Å². The van der Waals surface area contributed by atoms with Gasteiger partial charge in [-0.2, -0.15) is 4.31 Å².